The van der Waals surface area contributed by atoms with Gasteiger partial charge in [-0.2, -0.15) is 0 Å². The molecule has 1 aliphatic carbocycles. The summed E-state index contributed by atoms with van der Waals surface area (Å²) in [6, 6.07) is 0. The van der Waals surface area contributed by atoms with Crippen LogP contribution in [0.15, 0.2) is 16.3 Å². The number of likely N-dealkylation sites (N-methyl/N-ethyl adjacent to an activating group) is 1. The highest BCUT2D eigenvalue weighted by Crippen LogP contribution is 2.35. The number of aliphatic imine (C=N–C) groups is 1. The maximum absolute atomic E-state index is 12.1. The number of aliphatic hydroxyl groups excluding tert-OH is 1. The maximum Gasteiger partial charge on any atom is 0.170 e. The molecule has 0 atom stereocenters. The second-order valence-corrected chi connectivity index (χ2v) is 5.12. The average Bonchev–Trinajstić information content (AvgIpc) is 2.14. The van der Waals surface area contributed by atoms with Gasteiger partial charge in [-0.1, -0.05) is 13.8 Å². The first kappa shape index (κ1) is 13.7. The molecule has 0 fully saturated rings. The Labute approximate surface area is 103 Å². The molecule has 0 aromatic rings. The highest BCUT2D eigenvalue weighted by molar-refractivity contribution is 6.22. The van der Waals surface area contributed by atoms with E-state index in [-0.39, 0.29) is 17.0 Å². The summed E-state index contributed by atoms with van der Waals surface area (Å²) in [6.45, 7) is 9.11. The molecular weight excluding hydrogens is 216 g/mol. The molecule has 4 heteroatoms. The molecule has 1 rings (SSSR count). The van der Waals surface area contributed by atoms with Crippen LogP contribution in [0.2, 0.25) is 0 Å². The third-order valence-electron chi connectivity index (χ3n) is 2.75. The predicted molar refractivity (Wildman–Crippen MR) is 69.3 cm³/mol. The van der Waals surface area contributed by atoms with Gasteiger partial charge in [-0.15, -0.1) is 0 Å². The number of aliphatic hydroxyl groups is 1. The van der Waals surface area contributed by atoms with Crippen LogP contribution < -0.4 is 5.32 Å². The molecule has 17 heavy (non-hydrogen) atoms. The fourth-order valence-electron chi connectivity index (χ4n) is 2.11. The molecular formula is C13H22N2O2. The van der Waals surface area contributed by atoms with Gasteiger partial charge < -0.3 is 10.4 Å². The minimum Gasteiger partial charge on any atom is -0.511 e. The minimum atomic E-state index is -0.159. The Morgan fingerprint density at radius 1 is 1.41 bits per heavy atom. The predicted octanol–water partition coefficient (Wildman–Crippen LogP) is 2.22. The second kappa shape index (κ2) is 5.34. The molecule has 0 heterocycles. The van der Waals surface area contributed by atoms with E-state index in [4.69, 9.17) is 0 Å². The highest BCUT2D eigenvalue weighted by Gasteiger charge is 2.34. The van der Waals surface area contributed by atoms with Crippen LogP contribution >= 0.6 is 0 Å². The van der Waals surface area contributed by atoms with E-state index in [1.165, 1.54) is 0 Å². The van der Waals surface area contributed by atoms with Crippen LogP contribution in [0.3, 0.4) is 0 Å². The molecule has 0 amide bonds. The molecule has 4 nitrogen and oxygen atoms in total. The second-order valence-electron chi connectivity index (χ2n) is 5.12. The zero-order valence-corrected chi connectivity index (χ0v) is 11.1. The fourth-order valence-corrected chi connectivity index (χ4v) is 2.11. The van der Waals surface area contributed by atoms with Crippen LogP contribution in [0.4, 0.5) is 0 Å². The van der Waals surface area contributed by atoms with Gasteiger partial charge in [0, 0.05) is 25.9 Å². The van der Waals surface area contributed by atoms with E-state index >= 15 is 0 Å². The molecule has 0 saturated carbocycles. The number of Topliss-reactive ketones (excluding diaryl/α,β-unsaturated/α-hetero) is 1. The summed E-state index contributed by atoms with van der Waals surface area (Å²) in [5.74, 6) is 0.680. The Morgan fingerprint density at radius 2 is 2.06 bits per heavy atom. The third-order valence-corrected chi connectivity index (χ3v) is 2.75. The molecule has 0 aromatic carbocycles. The zero-order valence-electron chi connectivity index (χ0n) is 11.1. The van der Waals surface area contributed by atoms with Crippen molar-refractivity contribution in [2.24, 2.45) is 10.4 Å². The van der Waals surface area contributed by atoms with Gasteiger partial charge >= 0.3 is 0 Å². The summed E-state index contributed by atoms with van der Waals surface area (Å²) in [4.78, 5) is 16.3. The normalized spacial score (nSPS) is 20.7. The number of allylic oxidation sites excluding steroid dienone is 1. The monoisotopic (exact) mass is 238 g/mol. The van der Waals surface area contributed by atoms with Crippen LogP contribution in [-0.2, 0) is 4.79 Å². The molecule has 0 saturated heterocycles. The van der Waals surface area contributed by atoms with E-state index in [2.05, 4.69) is 10.3 Å². The molecule has 0 spiro atoms. The number of rotatable bonds is 3. The molecule has 0 unspecified atom stereocenters. The SMILES string of the molecule is CCN=C(NCC)C1=C(O)CC(C)(C)CC1=O. The van der Waals surface area contributed by atoms with E-state index in [0.29, 0.717) is 37.3 Å². The quantitative estimate of drug-likeness (QED) is 0.585. The van der Waals surface area contributed by atoms with E-state index in [1.807, 2.05) is 27.7 Å². The number of amidine groups is 1. The van der Waals surface area contributed by atoms with Crippen molar-refractivity contribution in [3.05, 3.63) is 11.3 Å². The first-order valence-corrected chi connectivity index (χ1v) is 6.15. The smallest absolute Gasteiger partial charge is 0.170 e. The molecule has 0 radical (unpaired) electrons. The summed E-state index contributed by atoms with van der Waals surface area (Å²) in [5.41, 5.74) is 0.224. The van der Waals surface area contributed by atoms with Crippen LogP contribution in [0.1, 0.15) is 40.5 Å². The van der Waals surface area contributed by atoms with Gasteiger partial charge in [0.2, 0.25) is 0 Å². The Morgan fingerprint density at radius 3 is 2.53 bits per heavy atom. The van der Waals surface area contributed by atoms with Crippen LogP contribution in [0, 0.1) is 5.41 Å². The van der Waals surface area contributed by atoms with Crippen molar-refractivity contribution >= 4 is 11.6 Å². The van der Waals surface area contributed by atoms with Gasteiger partial charge in [-0.05, 0) is 19.3 Å². The van der Waals surface area contributed by atoms with Crippen molar-refractivity contribution in [2.75, 3.05) is 13.1 Å². The van der Waals surface area contributed by atoms with Crippen molar-refractivity contribution in [3.8, 4) is 0 Å². The number of ketones is 1. The Hall–Kier alpha value is -1.32. The summed E-state index contributed by atoms with van der Waals surface area (Å²) in [5, 5.41) is 13.1. The lowest BCUT2D eigenvalue weighted by atomic mass is 9.76. The standard InChI is InChI=1S/C13H22N2O2/c1-5-14-12(15-6-2)11-9(16)7-13(3,4)8-10(11)17/h16H,5-8H2,1-4H3,(H,14,15). The summed E-state index contributed by atoms with van der Waals surface area (Å²) in [6.07, 6.45) is 0.989. The molecule has 2 N–H and O–H groups in total. The Bertz CT molecular complexity index is 368. The summed E-state index contributed by atoms with van der Waals surface area (Å²) >= 11 is 0. The number of hydrogen-bond acceptors (Lipinski definition) is 3. The largest absolute Gasteiger partial charge is 0.511 e. The number of nitrogens with zero attached hydrogens (tertiary/aromatic N) is 1. The van der Waals surface area contributed by atoms with Gasteiger partial charge in [0.25, 0.3) is 0 Å². The van der Waals surface area contributed by atoms with Crippen molar-refractivity contribution < 1.29 is 9.90 Å². The van der Waals surface area contributed by atoms with E-state index in [0.717, 1.165) is 0 Å². The topological polar surface area (TPSA) is 61.7 Å². The Balaban J connectivity index is 3.10. The van der Waals surface area contributed by atoms with Crippen molar-refractivity contribution in [1.82, 2.24) is 5.32 Å². The van der Waals surface area contributed by atoms with Crippen LogP contribution in [0.25, 0.3) is 0 Å². The van der Waals surface area contributed by atoms with Crippen molar-refractivity contribution in [3.63, 3.8) is 0 Å². The molecule has 0 aromatic heterocycles. The van der Waals surface area contributed by atoms with Gasteiger partial charge in [-0.25, -0.2) is 0 Å². The van der Waals surface area contributed by atoms with E-state index in [1.54, 1.807) is 0 Å². The lowest BCUT2D eigenvalue weighted by Crippen LogP contribution is -2.35. The molecule has 1 aliphatic rings. The lowest BCUT2D eigenvalue weighted by molar-refractivity contribution is -0.118. The van der Waals surface area contributed by atoms with Gasteiger partial charge in [0.05, 0.1) is 5.57 Å². The number of carbonyl (C=O) groups is 1. The van der Waals surface area contributed by atoms with Gasteiger partial charge in [0.15, 0.2) is 5.78 Å². The zero-order chi connectivity index (χ0) is 13.1. The molecule has 0 bridgehead atoms. The van der Waals surface area contributed by atoms with Crippen molar-refractivity contribution in [1.29, 1.82) is 0 Å². The van der Waals surface area contributed by atoms with Gasteiger partial charge in [-0.3, -0.25) is 9.79 Å². The van der Waals surface area contributed by atoms with Crippen molar-refractivity contribution in [2.45, 2.75) is 40.5 Å². The fraction of sp³-hybridized carbons (Fsp3) is 0.692. The van der Waals surface area contributed by atoms with Crippen LogP contribution in [-0.4, -0.2) is 29.8 Å². The number of carbonyl (C=O) groups excluding carboxylic acids is 1. The highest BCUT2D eigenvalue weighted by atomic mass is 16.3. The first-order valence-electron chi connectivity index (χ1n) is 6.15. The molecule has 96 valence electrons. The summed E-state index contributed by atoms with van der Waals surface area (Å²) in [7, 11) is 0. The summed E-state index contributed by atoms with van der Waals surface area (Å²) < 4.78 is 0. The average molecular weight is 238 g/mol. The first-order chi connectivity index (χ1) is 7.91. The minimum absolute atomic E-state index is 0.0214. The number of hydrogen-bond donors (Lipinski definition) is 2. The number of nitrogens with one attached hydrogen (secondary N) is 1. The maximum atomic E-state index is 12.1. The van der Waals surface area contributed by atoms with E-state index < -0.39 is 0 Å². The van der Waals surface area contributed by atoms with Crippen LogP contribution in [0.5, 0.6) is 0 Å². The lowest BCUT2D eigenvalue weighted by Gasteiger charge is -2.30. The Kier molecular flexibility index (Phi) is 4.32. The van der Waals surface area contributed by atoms with Gasteiger partial charge in [0.1, 0.15) is 11.6 Å². The van der Waals surface area contributed by atoms with E-state index in [9.17, 15) is 9.90 Å². The molecule has 0 aliphatic heterocycles. The third kappa shape index (κ3) is 3.32.